The number of unbranched alkanes of at least 4 members (excludes halogenated alkanes) is 3. The molecule has 5 rings (SSSR count). The van der Waals surface area contributed by atoms with E-state index < -0.39 is 21.7 Å². The number of rotatable bonds is 14. The zero-order valence-corrected chi connectivity index (χ0v) is 30.2. The minimum atomic E-state index is -4.37. The van der Waals surface area contributed by atoms with Gasteiger partial charge in [0.05, 0.1) is 31.9 Å². The fourth-order valence-corrected chi connectivity index (χ4v) is 7.45. The quantitative estimate of drug-likeness (QED) is 0.115. The lowest BCUT2D eigenvalue weighted by Crippen LogP contribution is -2.31. The average molecular weight is 732 g/mol. The third kappa shape index (κ3) is 8.27. The van der Waals surface area contributed by atoms with Gasteiger partial charge in [-0.3, -0.25) is 4.79 Å². The average Bonchev–Trinajstić information content (AvgIpc) is 3.45. The smallest absolute Gasteiger partial charge is 0.266 e. The van der Waals surface area contributed by atoms with Gasteiger partial charge in [0.15, 0.2) is 0 Å². The van der Waals surface area contributed by atoms with Crippen LogP contribution in [0.5, 0.6) is 0 Å². The zero-order valence-electron chi connectivity index (χ0n) is 27.8. The van der Waals surface area contributed by atoms with Crippen LogP contribution >= 0.6 is 23.2 Å². The van der Waals surface area contributed by atoms with Crippen molar-refractivity contribution in [1.82, 2.24) is 14.5 Å². The van der Waals surface area contributed by atoms with Crippen molar-refractivity contribution in [2.24, 2.45) is 0 Å². The molecule has 0 aliphatic rings. The minimum absolute atomic E-state index is 0.00550. The van der Waals surface area contributed by atoms with Crippen molar-refractivity contribution in [2.75, 3.05) is 0 Å². The van der Waals surface area contributed by atoms with Gasteiger partial charge in [0.25, 0.3) is 15.9 Å². The summed E-state index contributed by atoms with van der Waals surface area (Å²) in [4.78, 5) is 12.6. The largest absolute Gasteiger partial charge is 0.268 e. The molecule has 0 aliphatic carbocycles. The van der Waals surface area contributed by atoms with Crippen molar-refractivity contribution < 1.29 is 17.6 Å². The molecule has 0 saturated heterocycles. The molecule has 50 heavy (non-hydrogen) atoms. The van der Waals surface area contributed by atoms with Crippen LogP contribution in [0.4, 0.5) is 4.39 Å². The van der Waals surface area contributed by atoms with E-state index in [0.717, 1.165) is 44.1 Å². The first-order valence-electron chi connectivity index (χ1n) is 16.6. The molecule has 258 valence electrons. The van der Waals surface area contributed by atoms with Gasteiger partial charge in [0, 0.05) is 17.5 Å². The number of nitrogens with one attached hydrogen (secondary N) is 1. The summed E-state index contributed by atoms with van der Waals surface area (Å²) in [5.74, 6) is -1.46. The first kappa shape index (κ1) is 36.8. The van der Waals surface area contributed by atoms with Crippen molar-refractivity contribution in [3.05, 3.63) is 134 Å². The number of benzene rings is 4. The van der Waals surface area contributed by atoms with E-state index in [2.05, 4.69) is 24.6 Å². The predicted octanol–water partition coefficient (Wildman–Crippen LogP) is 9.64. The molecule has 5 aromatic rings. The molecule has 1 amide bonds. The Kier molecular flexibility index (Phi) is 12.1. The fraction of sp³-hybridized carbons (Fsp3) is 0.256. The molecule has 0 bridgehead atoms. The number of nitriles is 1. The maximum atomic E-state index is 16.0. The van der Waals surface area contributed by atoms with E-state index in [0.29, 0.717) is 39.5 Å². The number of hydrogen-bond donors (Lipinski definition) is 1. The molecule has 1 heterocycles. The number of sulfonamides is 1. The lowest BCUT2D eigenvalue weighted by Gasteiger charge is -2.13. The molecule has 0 aliphatic heterocycles. The van der Waals surface area contributed by atoms with Crippen LogP contribution in [-0.4, -0.2) is 24.1 Å². The summed E-state index contributed by atoms with van der Waals surface area (Å²) in [5, 5.41) is 15.8. The number of nitrogens with zero attached hydrogens (tertiary/aromatic N) is 3. The van der Waals surface area contributed by atoms with Gasteiger partial charge in [-0.25, -0.2) is 22.2 Å². The number of carbonyl (C=O) groups excluding carboxylic acids is 1. The predicted molar refractivity (Wildman–Crippen MR) is 196 cm³/mol. The van der Waals surface area contributed by atoms with Crippen LogP contribution in [-0.2, 0) is 29.3 Å². The second-order valence-corrected chi connectivity index (χ2v) is 14.5. The van der Waals surface area contributed by atoms with Gasteiger partial charge in [-0.05, 0) is 78.8 Å². The van der Waals surface area contributed by atoms with E-state index in [1.54, 1.807) is 41.1 Å². The second-order valence-electron chi connectivity index (χ2n) is 12.0. The van der Waals surface area contributed by atoms with Gasteiger partial charge in [-0.1, -0.05) is 105 Å². The first-order valence-corrected chi connectivity index (χ1v) is 18.8. The van der Waals surface area contributed by atoms with Crippen LogP contribution in [0, 0.1) is 17.1 Å². The molecule has 7 nitrogen and oxygen atoms in total. The Bertz CT molecular complexity index is 2180. The number of aromatic nitrogens is 2. The Labute approximate surface area is 302 Å². The van der Waals surface area contributed by atoms with Crippen LogP contribution in [0.1, 0.15) is 84.4 Å². The highest BCUT2D eigenvalue weighted by atomic mass is 35.5. The molecule has 0 radical (unpaired) electrons. The molecular weight excluding hydrogens is 694 g/mol. The Morgan fingerprint density at radius 1 is 0.900 bits per heavy atom. The van der Waals surface area contributed by atoms with Gasteiger partial charge in [0.2, 0.25) is 0 Å². The number of hydrogen-bond acceptors (Lipinski definition) is 5. The lowest BCUT2D eigenvalue weighted by molar-refractivity contribution is 0.0981. The zero-order chi connectivity index (χ0) is 35.8. The summed E-state index contributed by atoms with van der Waals surface area (Å²) in [5.41, 5.74) is 4.14. The molecule has 0 unspecified atom stereocenters. The maximum absolute atomic E-state index is 16.0. The second kappa shape index (κ2) is 16.5. The SMILES string of the molecule is CCCCCc1ccc(Cl)c(-n2nc(CCCC)c(Cc3ccc(-c4ccccc4S(=O)(=O)NC(=O)c4ccccc4Cl)cc3F)c2C#N)c1. The van der Waals surface area contributed by atoms with Gasteiger partial charge in [-0.2, -0.15) is 10.4 Å². The summed E-state index contributed by atoms with van der Waals surface area (Å²) in [7, 11) is -4.37. The summed E-state index contributed by atoms with van der Waals surface area (Å²) < 4.78 is 46.5. The van der Waals surface area contributed by atoms with Crippen LogP contribution in [0.15, 0.2) is 89.8 Å². The molecule has 11 heteroatoms. The van der Waals surface area contributed by atoms with Crippen LogP contribution in [0.25, 0.3) is 16.8 Å². The van der Waals surface area contributed by atoms with E-state index in [1.807, 2.05) is 18.2 Å². The number of halogens is 3. The lowest BCUT2D eigenvalue weighted by atomic mass is 9.97. The fourth-order valence-electron chi connectivity index (χ4n) is 5.84. The van der Waals surface area contributed by atoms with Crippen molar-refractivity contribution >= 4 is 39.1 Å². The molecule has 0 fully saturated rings. The van der Waals surface area contributed by atoms with Crippen LogP contribution in [0.3, 0.4) is 0 Å². The van der Waals surface area contributed by atoms with Crippen LogP contribution < -0.4 is 4.72 Å². The topological polar surface area (TPSA) is 105 Å². The Hall–Kier alpha value is -4.49. The third-order valence-electron chi connectivity index (χ3n) is 8.50. The molecule has 0 atom stereocenters. The van der Waals surface area contributed by atoms with Gasteiger partial charge in [0.1, 0.15) is 17.6 Å². The molecular formula is C39H37Cl2FN4O3S. The molecule has 0 saturated carbocycles. The molecule has 4 aromatic carbocycles. The summed E-state index contributed by atoms with van der Waals surface area (Å²) >= 11 is 12.8. The highest BCUT2D eigenvalue weighted by Gasteiger charge is 2.25. The highest BCUT2D eigenvalue weighted by molar-refractivity contribution is 7.90. The number of carbonyl (C=O) groups is 1. The van der Waals surface area contributed by atoms with E-state index in [1.165, 1.54) is 30.3 Å². The third-order valence-corrected chi connectivity index (χ3v) is 10.5. The van der Waals surface area contributed by atoms with Crippen molar-refractivity contribution in [3.63, 3.8) is 0 Å². The molecule has 0 spiro atoms. The van der Waals surface area contributed by atoms with Crippen molar-refractivity contribution in [1.29, 1.82) is 5.26 Å². The Morgan fingerprint density at radius 2 is 1.64 bits per heavy atom. The molecule has 1 aromatic heterocycles. The Morgan fingerprint density at radius 3 is 2.36 bits per heavy atom. The minimum Gasteiger partial charge on any atom is -0.268 e. The highest BCUT2D eigenvalue weighted by Crippen LogP contribution is 2.32. The van der Waals surface area contributed by atoms with Gasteiger partial charge in [-0.15, -0.1) is 0 Å². The Balaban J connectivity index is 1.48. The van der Waals surface area contributed by atoms with Crippen molar-refractivity contribution in [3.8, 4) is 22.9 Å². The molecule has 1 N–H and O–H groups in total. The summed E-state index contributed by atoms with van der Waals surface area (Å²) in [6.45, 7) is 4.22. The van der Waals surface area contributed by atoms with E-state index in [4.69, 9.17) is 28.3 Å². The van der Waals surface area contributed by atoms with E-state index >= 15 is 4.39 Å². The summed E-state index contributed by atoms with van der Waals surface area (Å²) in [6, 6.07) is 24.7. The van der Waals surface area contributed by atoms with Gasteiger partial charge >= 0.3 is 0 Å². The van der Waals surface area contributed by atoms with E-state index in [-0.39, 0.29) is 33.2 Å². The van der Waals surface area contributed by atoms with E-state index in [9.17, 15) is 18.5 Å². The number of aryl methyl sites for hydroxylation is 2. The van der Waals surface area contributed by atoms with Crippen molar-refractivity contribution in [2.45, 2.75) is 70.1 Å². The normalized spacial score (nSPS) is 11.4. The summed E-state index contributed by atoms with van der Waals surface area (Å²) in [6.07, 6.45) is 6.58. The first-order chi connectivity index (χ1) is 24.1. The number of amides is 1. The maximum Gasteiger partial charge on any atom is 0.266 e. The van der Waals surface area contributed by atoms with Crippen LogP contribution in [0.2, 0.25) is 10.0 Å². The van der Waals surface area contributed by atoms with Gasteiger partial charge < -0.3 is 0 Å². The standard InChI is InChI=1S/C39H37Cl2FN4O3S/c1-3-5-7-12-26-18-21-33(41)36(22-26)46-37(25-43)31(35(44-46)16-6-4-2)23-28-20-19-27(24-34(28)42)29-13-9-11-17-38(29)50(48,49)45-39(47)30-14-8-10-15-32(30)40/h8-11,13-15,17-22,24H,3-7,12,16,23H2,1-2H3,(H,45,47). The monoisotopic (exact) mass is 730 g/mol.